The molecule has 0 fully saturated rings. The summed E-state index contributed by atoms with van der Waals surface area (Å²) in [5.41, 5.74) is 5.41. The van der Waals surface area contributed by atoms with Gasteiger partial charge in [-0.3, -0.25) is 0 Å². The van der Waals surface area contributed by atoms with Crippen molar-refractivity contribution in [3.8, 4) is 0 Å². The largest absolute Gasteiger partial charge is 0.374 e. The normalized spacial score (nSPS) is 10.3. The molecule has 0 aromatic carbocycles. The summed E-state index contributed by atoms with van der Waals surface area (Å²) in [4.78, 5) is 7.78. The summed E-state index contributed by atoms with van der Waals surface area (Å²) in [6.07, 6.45) is 3.08. The fourth-order valence-electron chi connectivity index (χ4n) is 0.791. The zero-order valence-corrected chi connectivity index (χ0v) is 6.90. The maximum Gasteiger partial charge on any atom is 0.200 e. The molecule has 62 valence electrons. The Bertz CT molecular complexity index is 352. The third-order valence-electron chi connectivity index (χ3n) is 1.25. The Kier molecular flexibility index (Phi) is 1.71. The maximum absolute atomic E-state index is 5.41. The van der Waals surface area contributed by atoms with Gasteiger partial charge in [-0.15, -0.1) is 0 Å². The summed E-state index contributed by atoms with van der Waals surface area (Å²) in [5.74, 6) is 0.669. The van der Waals surface area contributed by atoms with Gasteiger partial charge in [-0.2, -0.15) is 9.47 Å². The van der Waals surface area contributed by atoms with Crippen LogP contribution in [0.25, 0.3) is 0 Å². The van der Waals surface area contributed by atoms with Crippen LogP contribution in [0.2, 0.25) is 0 Å². The molecule has 2 N–H and O–H groups in total. The molecular formula is C5H6N6S. The Morgan fingerprint density at radius 1 is 1.58 bits per heavy atom. The average molecular weight is 182 g/mol. The maximum atomic E-state index is 5.41. The van der Waals surface area contributed by atoms with E-state index in [1.54, 1.807) is 11.0 Å². The number of hydrogen-bond donors (Lipinski definition) is 1. The van der Waals surface area contributed by atoms with Gasteiger partial charge in [0.05, 0.1) is 0 Å². The summed E-state index contributed by atoms with van der Waals surface area (Å²) >= 11 is 1.18. The number of nitrogens with zero attached hydrogens (tertiary/aromatic N) is 5. The Morgan fingerprint density at radius 3 is 3.08 bits per heavy atom. The third kappa shape index (κ3) is 1.40. The molecule has 12 heavy (non-hydrogen) atoms. The van der Waals surface area contributed by atoms with Crippen molar-refractivity contribution >= 4 is 16.7 Å². The Morgan fingerprint density at radius 2 is 2.50 bits per heavy atom. The van der Waals surface area contributed by atoms with Crippen molar-refractivity contribution in [1.29, 1.82) is 0 Å². The van der Waals surface area contributed by atoms with Gasteiger partial charge in [0.15, 0.2) is 11.0 Å². The molecule has 0 unspecified atom stereocenters. The summed E-state index contributed by atoms with van der Waals surface area (Å²) in [6.45, 7) is 0.522. The number of hydrogen-bond acceptors (Lipinski definition) is 6. The van der Waals surface area contributed by atoms with Crippen molar-refractivity contribution in [2.75, 3.05) is 5.73 Å². The monoisotopic (exact) mass is 182 g/mol. The molecule has 0 saturated carbocycles. The van der Waals surface area contributed by atoms with E-state index in [1.807, 2.05) is 0 Å². The van der Waals surface area contributed by atoms with E-state index < -0.39 is 0 Å². The Balaban J connectivity index is 2.14. The Labute approximate surface area is 72.2 Å². The molecule has 0 spiro atoms. The van der Waals surface area contributed by atoms with Gasteiger partial charge >= 0.3 is 0 Å². The molecule has 7 heteroatoms. The second kappa shape index (κ2) is 2.86. The highest BCUT2D eigenvalue weighted by Gasteiger charge is 2.01. The summed E-state index contributed by atoms with van der Waals surface area (Å²) < 4.78 is 5.65. The molecule has 0 aliphatic carbocycles. The molecular weight excluding hydrogens is 176 g/mol. The Hall–Kier alpha value is -1.50. The predicted molar refractivity (Wildman–Crippen MR) is 43.4 cm³/mol. The number of nitrogens with two attached hydrogens (primary N) is 1. The van der Waals surface area contributed by atoms with Crippen molar-refractivity contribution in [1.82, 2.24) is 24.1 Å². The van der Waals surface area contributed by atoms with E-state index in [-0.39, 0.29) is 0 Å². The van der Waals surface area contributed by atoms with Crippen LogP contribution in [-0.2, 0) is 6.54 Å². The molecule has 0 aliphatic rings. The second-order valence-corrected chi connectivity index (χ2v) is 2.93. The van der Waals surface area contributed by atoms with Crippen LogP contribution in [0.5, 0.6) is 0 Å². The first kappa shape index (κ1) is 7.17. The summed E-state index contributed by atoms with van der Waals surface area (Å²) in [6, 6.07) is 0. The first-order valence-corrected chi connectivity index (χ1v) is 4.02. The van der Waals surface area contributed by atoms with Gasteiger partial charge in [0, 0.05) is 11.5 Å². The summed E-state index contributed by atoms with van der Waals surface area (Å²) in [7, 11) is 0. The van der Waals surface area contributed by atoms with Gasteiger partial charge in [-0.05, 0) is 0 Å². The van der Waals surface area contributed by atoms with E-state index in [4.69, 9.17) is 5.73 Å². The highest BCUT2D eigenvalue weighted by atomic mass is 32.1. The van der Waals surface area contributed by atoms with Crippen LogP contribution in [0.15, 0.2) is 12.7 Å². The van der Waals surface area contributed by atoms with Crippen LogP contribution in [-0.4, -0.2) is 24.1 Å². The highest BCUT2D eigenvalue weighted by molar-refractivity contribution is 7.09. The zero-order chi connectivity index (χ0) is 8.39. The van der Waals surface area contributed by atoms with Crippen molar-refractivity contribution in [3.05, 3.63) is 18.5 Å². The predicted octanol–water partition coefficient (Wildman–Crippen LogP) is -0.240. The van der Waals surface area contributed by atoms with Gasteiger partial charge in [-0.25, -0.2) is 14.6 Å². The smallest absolute Gasteiger partial charge is 0.200 e. The lowest BCUT2D eigenvalue weighted by molar-refractivity contribution is 0.662. The fraction of sp³-hybridized carbons (Fsp3) is 0.200. The van der Waals surface area contributed by atoms with Crippen LogP contribution < -0.4 is 5.73 Å². The van der Waals surface area contributed by atoms with Crippen molar-refractivity contribution < 1.29 is 0 Å². The van der Waals surface area contributed by atoms with Gasteiger partial charge in [-0.1, -0.05) is 0 Å². The molecule has 2 aromatic rings. The number of aromatic nitrogens is 5. The van der Waals surface area contributed by atoms with Crippen LogP contribution in [0.3, 0.4) is 0 Å². The quantitative estimate of drug-likeness (QED) is 0.693. The molecule has 2 heterocycles. The van der Waals surface area contributed by atoms with E-state index in [0.29, 0.717) is 17.5 Å². The van der Waals surface area contributed by atoms with E-state index in [0.717, 1.165) is 0 Å². The number of anilines is 1. The van der Waals surface area contributed by atoms with E-state index in [9.17, 15) is 0 Å². The topological polar surface area (TPSA) is 82.5 Å². The minimum Gasteiger partial charge on any atom is -0.374 e. The van der Waals surface area contributed by atoms with Gasteiger partial charge < -0.3 is 5.73 Å². The van der Waals surface area contributed by atoms with Crippen molar-refractivity contribution in [3.63, 3.8) is 0 Å². The number of rotatable bonds is 2. The first-order chi connectivity index (χ1) is 5.84. The summed E-state index contributed by atoms with van der Waals surface area (Å²) in [5, 5.41) is 4.39. The lowest BCUT2D eigenvalue weighted by atomic mass is 10.6. The highest BCUT2D eigenvalue weighted by Crippen LogP contribution is 2.05. The van der Waals surface area contributed by atoms with E-state index in [1.165, 1.54) is 17.9 Å². The molecule has 0 radical (unpaired) electrons. The van der Waals surface area contributed by atoms with Crippen LogP contribution >= 0.6 is 11.5 Å². The second-order valence-electron chi connectivity index (χ2n) is 2.14. The molecule has 0 atom stereocenters. The van der Waals surface area contributed by atoms with E-state index in [2.05, 4.69) is 19.4 Å². The molecule has 0 aliphatic heterocycles. The molecule has 2 aromatic heterocycles. The standard InChI is InChI=1S/C5H6N6S/c6-5-9-4(10-12-5)1-11-3-7-2-8-11/h2-3H,1H2,(H2,6,9,10). The number of nitrogen functional groups attached to an aromatic ring is 1. The average Bonchev–Trinajstić information content (AvgIpc) is 2.63. The van der Waals surface area contributed by atoms with E-state index >= 15 is 0 Å². The van der Waals surface area contributed by atoms with Crippen LogP contribution in [0.1, 0.15) is 5.82 Å². The van der Waals surface area contributed by atoms with Crippen LogP contribution in [0, 0.1) is 0 Å². The lowest BCUT2D eigenvalue weighted by Gasteiger charge is -1.92. The third-order valence-corrected chi connectivity index (χ3v) is 1.83. The molecule has 0 amide bonds. The fourth-order valence-corrected chi connectivity index (χ4v) is 1.23. The molecule has 0 saturated heterocycles. The van der Waals surface area contributed by atoms with Gasteiger partial charge in [0.25, 0.3) is 0 Å². The van der Waals surface area contributed by atoms with Gasteiger partial charge in [0.2, 0.25) is 0 Å². The molecule has 2 rings (SSSR count). The van der Waals surface area contributed by atoms with Gasteiger partial charge in [0.1, 0.15) is 19.2 Å². The molecule has 6 nitrogen and oxygen atoms in total. The molecule has 0 bridgehead atoms. The minimum atomic E-state index is 0.477. The van der Waals surface area contributed by atoms with Crippen LogP contribution in [0.4, 0.5) is 5.13 Å². The SMILES string of the molecule is Nc1nc(Cn2cncn2)ns1. The zero-order valence-electron chi connectivity index (χ0n) is 6.08. The first-order valence-electron chi connectivity index (χ1n) is 3.25. The minimum absolute atomic E-state index is 0.477. The lowest BCUT2D eigenvalue weighted by Crippen LogP contribution is -2.01. The van der Waals surface area contributed by atoms with Crippen molar-refractivity contribution in [2.24, 2.45) is 0 Å². The van der Waals surface area contributed by atoms with Crippen molar-refractivity contribution in [2.45, 2.75) is 6.54 Å².